The van der Waals surface area contributed by atoms with Crippen LogP contribution in [0.5, 0.6) is 11.5 Å². The number of fused-ring (bicyclic) bond motifs is 1. The van der Waals surface area contributed by atoms with Gasteiger partial charge in [-0.2, -0.15) is 8.78 Å². The van der Waals surface area contributed by atoms with Crippen LogP contribution in [0.1, 0.15) is 18.4 Å². The monoisotopic (exact) mass is 377 g/mol. The number of anilines is 1. The maximum absolute atomic E-state index is 12.5. The van der Waals surface area contributed by atoms with Crippen molar-refractivity contribution in [2.24, 2.45) is 0 Å². The summed E-state index contributed by atoms with van der Waals surface area (Å²) in [6.45, 7) is -2.27. The summed E-state index contributed by atoms with van der Waals surface area (Å²) >= 11 is 1.59. The number of nitrogens with zero attached hydrogens (tertiary/aromatic N) is 3. The van der Waals surface area contributed by atoms with E-state index in [0.717, 1.165) is 34.4 Å². The second-order valence-electron chi connectivity index (χ2n) is 6.06. The molecule has 8 heteroatoms. The lowest BCUT2D eigenvalue weighted by molar-refractivity contribution is -0.0512. The number of aromatic nitrogens is 2. The van der Waals surface area contributed by atoms with Crippen molar-refractivity contribution in [2.75, 3.05) is 12.0 Å². The Bertz CT molecular complexity index is 914. The minimum Gasteiger partial charge on any atom is -0.493 e. The Hall–Kier alpha value is -2.48. The zero-order valence-electron chi connectivity index (χ0n) is 14.1. The first kappa shape index (κ1) is 17.0. The Kier molecular flexibility index (Phi) is 4.58. The molecule has 0 radical (unpaired) electrons. The highest BCUT2D eigenvalue weighted by molar-refractivity contribution is 7.16. The molecule has 1 aliphatic carbocycles. The number of ether oxygens (including phenoxy) is 2. The van der Waals surface area contributed by atoms with E-state index in [-0.39, 0.29) is 5.75 Å². The predicted molar refractivity (Wildman–Crippen MR) is 96.2 cm³/mol. The van der Waals surface area contributed by atoms with Crippen LogP contribution in [0, 0.1) is 0 Å². The van der Waals surface area contributed by atoms with Gasteiger partial charge in [0, 0.05) is 12.6 Å². The summed E-state index contributed by atoms with van der Waals surface area (Å²) in [5.74, 6) is 1.24. The number of thiophene rings is 1. The molecule has 0 aliphatic heterocycles. The second kappa shape index (κ2) is 7.03. The normalized spacial score (nSPS) is 14.0. The van der Waals surface area contributed by atoms with Gasteiger partial charge in [0.1, 0.15) is 17.0 Å². The van der Waals surface area contributed by atoms with E-state index in [9.17, 15) is 8.78 Å². The van der Waals surface area contributed by atoms with Gasteiger partial charge in [-0.1, -0.05) is 6.07 Å². The van der Waals surface area contributed by atoms with Crippen molar-refractivity contribution >= 4 is 27.4 Å². The van der Waals surface area contributed by atoms with Crippen molar-refractivity contribution < 1.29 is 18.3 Å². The van der Waals surface area contributed by atoms with Crippen LogP contribution in [0.25, 0.3) is 10.2 Å². The Labute approximate surface area is 153 Å². The first-order valence-corrected chi connectivity index (χ1v) is 9.10. The van der Waals surface area contributed by atoms with Crippen LogP contribution in [0.2, 0.25) is 0 Å². The zero-order valence-corrected chi connectivity index (χ0v) is 14.9. The Morgan fingerprint density at radius 2 is 2.08 bits per heavy atom. The number of hydrogen-bond donors (Lipinski definition) is 0. The van der Waals surface area contributed by atoms with E-state index < -0.39 is 6.61 Å². The minimum absolute atomic E-state index is 0.0338. The van der Waals surface area contributed by atoms with E-state index in [1.54, 1.807) is 29.8 Å². The average Bonchev–Trinajstić information content (AvgIpc) is 3.36. The standard InChI is InChI=1S/C18H17F2N3O2S/c1-24-15-8-11(2-5-14(15)25-18(19)20)9-23(12-3-4-12)16-13-6-7-26-17(13)22-10-21-16/h2,5-8,10,12,18H,3-4,9H2,1H3. The van der Waals surface area contributed by atoms with Crippen molar-refractivity contribution in [3.63, 3.8) is 0 Å². The summed E-state index contributed by atoms with van der Waals surface area (Å²) in [6.07, 6.45) is 3.81. The zero-order chi connectivity index (χ0) is 18.1. The molecule has 3 aromatic rings. The maximum atomic E-state index is 12.5. The molecule has 0 bridgehead atoms. The fourth-order valence-corrected chi connectivity index (χ4v) is 3.70. The van der Waals surface area contributed by atoms with Gasteiger partial charge >= 0.3 is 6.61 Å². The molecular weight excluding hydrogens is 360 g/mol. The summed E-state index contributed by atoms with van der Waals surface area (Å²) in [6, 6.07) is 7.49. The van der Waals surface area contributed by atoms with Gasteiger partial charge in [0.15, 0.2) is 11.5 Å². The van der Waals surface area contributed by atoms with Gasteiger partial charge in [-0.25, -0.2) is 9.97 Å². The van der Waals surface area contributed by atoms with E-state index in [0.29, 0.717) is 18.3 Å². The summed E-state index contributed by atoms with van der Waals surface area (Å²) in [5.41, 5.74) is 0.942. The Morgan fingerprint density at radius 3 is 2.81 bits per heavy atom. The molecule has 2 aromatic heterocycles. The molecule has 0 unspecified atom stereocenters. The van der Waals surface area contributed by atoms with Gasteiger partial charge in [-0.05, 0) is 42.0 Å². The number of hydrogen-bond acceptors (Lipinski definition) is 6. The second-order valence-corrected chi connectivity index (χ2v) is 6.95. The van der Waals surface area contributed by atoms with Gasteiger partial charge in [0.2, 0.25) is 0 Å². The lowest BCUT2D eigenvalue weighted by Crippen LogP contribution is -2.26. The van der Waals surface area contributed by atoms with Gasteiger partial charge in [-0.3, -0.25) is 0 Å². The Morgan fingerprint density at radius 1 is 1.23 bits per heavy atom. The van der Waals surface area contributed by atoms with Gasteiger partial charge < -0.3 is 14.4 Å². The third-order valence-corrected chi connectivity index (χ3v) is 5.12. The molecule has 136 valence electrons. The fourth-order valence-electron chi connectivity index (χ4n) is 2.97. The molecular formula is C18H17F2N3O2S. The molecule has 4 rings (SSSR count). The van der Waals surface area contributed by atoms with E-state index in [1.807, 2.05) is 11.4 Å². The lowest BCUT2D eigenvalue weighted by atomic mass is 10.1. The van der Waals surface area contributed by atoms with Crippen molar-refractivity contribution in [3.8, 4) is 11.5 Å². The number of alkyl halides is 2. The molecule has 1 aromatic carbocycles. The topological polar surface area (TPSA) is 47.5 Å². The Balaban J connectivity index is 1.64. The molecule has 26 heavy (non-hydrogen) atoms. The van der Waals surface area contributed by atoms with E-state index in [4.69, 9.17) is 4.74 Å². The third-order valence-electron chi connectivity index (χ3n) is 4.30. The summed E-state index contributed by atoms with van der Waals surface area (Å²) in [4.78, 5) is 12.0. The lowest BCUT2D eigenvalue weighted by Gasteiger charge is -2.24. The van der Waals surface area contributed by atoms with Crippen LogP contribution in [-0.4, -0.2) is 29.7 Å². The molecule has 0 N–H and O–H groups in total. The van der Waals surface area contributed by atoms with Gasteiger partial charge in [-0.15, -0.1) is 11.3 Å². The number of methoxy groups -OCH3 is 1. The highest BCUT2D eigenvalue weighted by atomic mass is 32.1. The molecule has 0 saturated heterocycles. The number of halogens is 2. The van der Waals surface area contributed by atoms with E-state index >= 15 is 0 Å². The molecule has 1 saturated carbocycles. The van der Waals surface area contributed by atoms with Crippen LogP contribution in [0.4, 0.5) is 14.6 Å². The van der Waals surface area contributed by atoms with E-state index in [2.05, 4.69) is 19.6 Å². The van der Waals surface area contributed by atoms with Crippen LogP contribution in [0.15, 0.2) is 36.0 Å². The van der Waals surface area contributed by atoms with Crippen LogP contribution in [-0.2, 0) is 6.54 Å². The predicted octanol–water partition coefficient (Wildman–Crippen LogP) is 4.47. The summed E-state index contributed by atoms with van der Waals surface area (Å²) in [7, 11) is 1.44. The molecule has 0 spiro atoms. The number of rotatable bonds is 7. The largest absolute Gasteiger partial charge is 0.493 e. The van der Waals surface area contributed by atoms with Crippen LogP contribution in [0.3, 0.4) is 0 Å². The van der Waals surface area contributed by atoms with E-state index in [1.165, 1.54) is 13.2 Å². The molecule has 0 atom stereocenters. The quantitative estimate of drug-likeness (QED) is 0.608. The molecule has 1 fully saturated rings. The van der Waals surface area contributed by atoms with Crippen LogP contribution < -0.4 is 14.4 Å². The van der Waals surface area contributed by atoms with Crippen molar-refractivity contribution in [1.29, 1.82) is 0 Å². The van der Waals surface area contributed by atoms with Crippen molar-refractivity contribution in [3.05, 3.63) is 41.5 Å². The highest BCUT2D eigenvalue weighted by Gasteiger charge is 2.31. The minimum atomic E-state index is -2.88. The summed E-state index contributed by atoms with van der Waals surface area (Å²) < 4.78 is 34.7. The number of benzene rings is 1. The van der Waals surface area contributed by atoms with Gasteiger partial charge in [0.25, 0.3) is 0 Å². The third kappa shape index (κ3) is 3.41. The average molecular weight is 377 g/mol. The first-order chi connectivity index (χ1) is 12.7. The molecule has 5 nitrogen and oxygen atoms in total. The maximum Gasteiger partial charge on any atom is 0.387 e. The van der Waals surface area contributed by atoms with Gasteiger partial charge in [0.05, 0.1) is 12.5 Å². The molecule has 1 aliphatic rings. The van der Waals surface area contributed by atoms with Crippen molar-refractivity contribution in [1.82, 2.24) is 9.97 Å². The molecule has 0 amide bonds. The summed E-state index contributed by atoms with van der Waals surface area (Å²) in [5, 5.41) is 3.04. The molecule has 2 heterocycles. The fraction of sp³-hybridized carbons (Fsp3) is 0.333. The smallest absolute Gasteiger partial charge is 0.387 e. The van der Waals surface area contributed by atoms with Crippen LogP contribution >= 0.6 is 11.3 Å². The highest BCUT2D eigenvalue weighted by Crippen LogP contribution is 2.37. The van der Waals surface area contributed by atoms with Crippen molar-refractivity contribution in [2.45, 2.75) is 32.0 Å². The SMILES string of the molecule is COc1cc(CN(c2ncnc3sccc23)C2CC2)ccc1OC(F)F. The first-order valence-electron chi connectivity index (χ1n) is 8.22.